The summed E-state index contributed by atoms with van der Waals surface area (Å²) in [7, 11) is 0. The minimum atomic E-state index is -1.36. The summed E-state index contributed by atoms with van der Waals surface area (Å²) in [4.78, 5) is 33.3. The molecule has 0 aliphatic carbocycles. The number of hydrogen-bond donors (Lipinski definition) is 1. The monoisotopic (exact) mass is 308 g/mol. The standard InChI is InChI=1S/C13H9ClN2O5/c14-10-4-1-5-11(16(20)21)9(10)7-15-6-2-3-8(12(15)17)13(18)19/h1-6H,7H2,(H,18,19). The molecule has 2 rings (SSSR count). The predicted molar refractivity (Wildman–Crippen MR) is 74.9 cm³/mol. The Balaban J connectivity index is 2.54. The van der Waals surface area contributed by atoms with E-state index >= 15 is 0 Å². The number of rotatable bonds is 4. The maximum atomic E-state index is 12.0. The summed E-state index contributed by atoms with van der Waals surface area (Å²) in [5.41, 5.74) is -1.24. The van der Waals surface area contributed by atoms with Gasteiger partial charge in [-0.15, -0.1) is 0 Å². The number of aromatic carboxylic acids is 1. The van der Waals surface area contributed by atoms with Crippen LogP contribution >= 0.6 is 11.6 Å². The van der Waals surface area contributed by atoms with E-state index in [9.17, 15) is 19.7 Å². The number of nitro benzene ring substituents is 1. The summed E-state index contributed by atoms with van der Waals surface area (Å²) in [6.07, 6.45) is 1.35. The van der Waals surface area contributed by atoms with Crippen molar-refractivity contribution in [3.05, 3.63) is 73.1 Å². The number of carboxylic acid groups (broad SMARTS) is 1. The van der Waals surface area contributed by atoms with E-state index in [1.54, 1.807) is 0 Å². The number of benzene rings is 1. The minimum absolute atomic E-state index is 0.136. The molecule has 0 atom stereocenters. The minimum Gasteiger partial charge on any atom is -0.477 e. The highest BCUT2D eigenvalue weighted by atomic mass is 35.5. The lowest BCUT2D eigenvalue weighted by Crippen LogP contribution is -2.26. The molecule has 21 heavy (non-hydrogen) atoms. The van der Waals surface area contributed by atoms with Crippen molar-refractivity contribution >= 4 is 23.3 Å². The number of carbonyl (C=O) groups is 1. The van der Waals surface area contributed by atoms with Gasteiger partial charge in [0.25, 0.3) is 11.2 Å². The third-order valence-corrected chi connectivity index (χ3v) is 3.22. The van der Waals surface area contributed by atoms with Crippen molar-refractivity contribution in [3.63, 3.8) is 0 Å². The Morgan fingerprint density at radius 3 is 2.67 bits per heavy atom. The molecule has 1 N–H and O–H groups in total. The number of pyridine rings is 1. The van der Waals surface area contributed by atoms with Crippen LogP contribution in [0.2, 0.25) is 5.02 Å². The van der Waals surface area contributed by atoms with Gasteiger partial charge in [0, 0.05) is 12.3 Å². The Kier molecular flexibility index (Phi) is 4.04. The van der Waals surface area contributed by atoms with E-state index in [2.05, 4.69) is 0 Å². The van der Waals surface area contributed by atoms with E-state index in [0.29, 0.717) is 0 Å². The zero-order valence-electron chi connectivity index (χ0n) is 10.5. The second-order valence-electron chi connectivity index (χ2n) is 4.15. The number of carboxylic acids is 1. The fraction of sp³-hybridized carbons (Fsp3) is 0.0769. The van der Waals surface area contributed by atoms with Crippen LogP contribution in [-0.2, 0) is 6.54 Å². The van der Waals surface area contributed by atoms with Gasteiger partial charge in [-0.1, -0.05) is 17.7 Å². The fourth-order valence-corrected chi connectivity index (χ4v) is 2.10. The maximum absolute atomic E-state index is 12.0. The summed E-state index contributed by atoms with van der Waals surface area (Å²) in [6, 6.07) is 6.72. The molecule has 8 heteroatoms. The lowest BCUT2D eigenvalue weighted by Gasteiger charge is -2.08. The van der Waals surface area contributed by atoms with Crippen molar-refractivity contribution in [2.45, 2.75) is 6.54 Å². The second-order valence-corrected chi connectivity index (χ2v) is 4.56. The molecule has 0 radical (unpaired) electrons. The lowest BCUT2D eigenvalue weighted by atomic mass is 10.1. The van der Waals surface area contributed by atoms with Crippen LogP contribution in [-0.4, -0.2) is 20.6 Å². The quantitative estimate of drug-likeness (QED) is 0.688. The van der Waals surface area contributed by atoms with E-state index in [1.807, 2.05) is 0 Å². The van der Waals surface area contributed by atoms with Gasteiger partial charge in [-0.2, -0.15) is 0 Å². The highest BCUT2D eigenvalue weighted by molar-refractivity contribution is 6.31. The van der Waals surface area contributed by atoms with Gasteiger partial charge in [0.15, 0.2) is 0 Å². The summed E-state index contributed by atoms with van der Waals surface area (Å²) in [6.45, 7) is -0.185. The molecule has 0 bridgehead atoms. The van der Waals surface area contributed by atoms with Crippen LogP contribution in [0, 0.1) is 10.1 Å². The number of nitro groups is 1. The number of halogens is 1. The molecule has 1 aromatic heterocycles. The van der Waals surface area contributed by atoms with Crippen molar-refractivity contribution in [1.82, 2.24) is 4.57 Å². The normalized spacial score (nSPS) is 10.3. The van der Waals surface area contributed by atoms with Gasteiger partial charge in [0.05, 0.1) is 22.1 Å². The smallest absolute Gasteiger partial charge is 0.341 e. The van der Waals surface area contributed by atoms with Gasteiger partial charge < -0.3 is 9.67 Å². The molecular formula is C13H9ClN2O5. The largest absolute Gasteiger partial charge is 0.477 e. The third kappa shape index (κ3) is 2.92. The van der Waals surface area contributed by atoms with Crippen molar-refractivity contribution in [3.8, 4) is 0 Å². The Hall–Kier alpha value is -2.67. The van der Waals surface area contributed by atoms with Crippen LogP contribution in [0.1, 0.15) is 15.9 Å². The highest BCUT2D eigenvalue weighted by Crippen LogP contribution is 2.26. The molecule has 0 spiro atoms. The molecule has 0 aliphatic heterocycles. The summed E-state index contributed by atoms with van der Waals surface area (Å²) < 4.78 is 1.07. The second kappa shape index (κ2) is 5.76. The topological polar surface area (TPSA) is 102 Å². The zero-order chi connectivity index (χ0) is 15.6. The van der Waals surface area contributed by atoms with Crippen LogP contribution < -0.4 is 5.56 Å². The first-order chi connectivity index (χ1) is 9.91. The van der Waals surface area contributed by atoms with Gasteiger partial charge in [0.2, 0.25) is 0 Å². The number of aromatic nitrogens is 1. The van der Waals surface area contributed by atoms with E-state index in [4.69, 9.17) is 16.7 Å². The zero-order valence-corrected chi connectivity index (χ0v) is 11.3. The molecule has 7 nitrogen and oxygen atoms in total. The number of hydrogen-bond acceptors (Lipinski definition) is 4. The average Bonchev–Trinajstić information content (AvgIpc) is 2.42. The van der Waals surface area contributed by atoms with Gasteiger partial charge >= 0.3 is 5.97 Å². The van der Waals surface area contributed by atoms with Gasteiger partial charge in [-0.25, -0.2) is 4.79 Å². The fourth-order valence-electron chi connectivity index (χ4n) is 1.87. The van der Waals surface area contributed by atoms with Crippen molar-refractivity contribution in [2.75, 3.05) is 0 Å². The van der Waals surface area contributed by atoms with E-state index in [-0.39, 0.29) is 22.8 Å². The first-order valence-corrected chi connectivity index (χ1v) is 6.14. The van der Waals surface area contributed by atoms with Gasteiger partial charge in [-0.3, -0.25) is 14.9 Å². The van der Waals surface area contributed by atoms with Crippen LogP contribution in [0.4, 0.5) is 5.69 Å². The Morgan fingerprint density at radius 1 is 1.33 bits per heavy atom. The van der Waals surface area contributed by atoms with E-state index in [1.165, 1.54) is 36.5 Å². The highest BCUT2D eigenvalue weighted by Gasteiger charge is 2.18. The van der Waals surface area contributed by atoms with E-state index in [0.717, 1.165) is 4.57 Å². The molecule has 108 valence electrons. The number of nitrogens with zero attached hydrogens (tertiary/aromatic N) is 2. The summed E-state index contributed by atoms with van der Waals surface area (Å²) >= 11 is 5.94. The molecular weight excluding hydrogens is 300 g/mol. The van der Waals surface area contributed by atoms with Crippen LogP contribution in [0.3, 0.4) is 0 Å². The summed E-state index contributed by atoms with van der Waals surface area (Å²) in [5, 5.41) is 20.0. The third-order valence-electron chi connectivity index (χ3n) is 2.87. The predicted octanol–water partition coefficient (Wildman–Crippen LogP) is 2.16. The van der Waals surface area contributed by atoms with Gasteiger partial charge in [0.1, 0.15) is 5.56 Å². The van der Waals surface area contributed by atoms with Gasteiger partial charge in [-0.05, 0) is 18.2 Å². The molecule has 0 amide bonds. The molecule has 0 fully saturated rings. The maximum Gasteiger partial charge on any atom is 0.341 e. The first-order valence-electron chi connectivity index (χ1n) is 5.76. The van der Waals surface area contributed by atoms with Crippen molar-refractivity contribution in [2.24, 2.45) is 0 Å². The SMILES string of the molecule is O=C(O)c1cccn(Cc2c(Cl)cccc2[N+](=O)[O-])c1=O. The molecule has 0 aliphatic rings. The Labute approximate surface area is 123 Å². The van der Waals surface area contributed by atoms with Crippen LogP contribution in [0.5, 0.6) is 0 Å². The Bertz CT molecular complexity index is 784. The van der Waals surface area contributed by atoms with Crippen molar-refractivity contribution < 1.29 is 14.8 Å². The molecule has 1 heterocycles. The molecule has 2 aromatic rings. The lowest BCUT2D eigenvalue weighted by molar-refractivity contribution is -0.385. The summed E-state index contributed by atoms with van der Waals surface area (Å²) in [5.74, 6) is -1.36. The van der Waals surface area contributed by atoms with Crippen LogP contribution in [0.25, 0.3) is 0 Å². The molecule has 0 saturated heterocycles. The first kappa shape index (κ1) is 14.7. The molecule has 1 aromatic carbocycles. The van der Waals surface area contributed by atoms with Crippen molar-refractivity contribution in [1.29, 1.82) is 0 Å². The molecule has 0 saturated carbocycles. The van der Waals surface area contributed by atoms with Crippen LogP contribution in [0.15, 0.2) is 41.3 Å². The average molecular weight is 309 g/mol. The van der Waals surface area contributed by atoms with E-state index < -0.39 is 22.0 Å². The Morgan fingerprint density at radius 2 is 2.05 bits per heavy atom. The molecule has 0 unspecified atom stereocenters.